The lowest BCUT2D eigenvalue weighted by Gasteiger charge is -2.11. The zero-order valence-electron chi connectivity index (χ0n) is 11.9. The van der Waals surface area contributed by atoms with Gasteiger partial charge in [-0.15, -0.1) is 0 Å². The average molecular weight is 279 g/mol. The summed E-state index contributed by atoms with van der Waals surface area (Å²) >= 11 is 0. The average Bonchev–Trinajstić information content (AvgIpc) is 2.55. The number of pyridine rings is 2. The van der Waals surface area contributed by atoms with Gasteiger partial charge in [0, 0.05) is 17.6 Å². The highest BCUT2D eigenvalue weighted by Crippen LogP contribution is 2.28. The van der Waals surface area contributed by atoms with Gasteiger partial charge in [-0.2, -0.15) is 0 Å². The Morgan fingerprint density at radius 1 is 1.10 bits per heavy atom. The molecule has 0 aliphatic carbocycles. The molecule has 0 fully saturated rings. The first-order chi connectivity index (χ1) is 10.3. The van der Waals surface area contributed by atoms with E-state index in [0.29, 0.717) is 5.75 Å². The molecule has 3 aromatic rings. The normalized spacial score (nSPS) is 12.3. The van der Waals surface area contributed by atoms with Crippen LogP contribution in [-0.4, -0.2) is 9.97 Å². The van der Waals surface area contributed by atoms with Crippen molar-refractivity contribution in [3.63, 3.8) is 0 Å². The minimum atomic E-state index is -0.0270. The number of nitrogens with zero attached hydrogens (tertiary/aromatic N) is 2. The molecule has 2 aromatic heterocycles. The van der Waals surface area contributed by atoms with Crippen molar-refractivity contribution >= 4 is 10.9 Å². The van der Waals surface area contributed by atoms with Gasteiger partial charge in [-0.05, 0) is 42.8 Å². The van der Waals surface area contributed by atoms with Crippen LogP contribution in [0.5, 0.6) is 11.5 Å². The Labute approximate surface area is 123 Å². The predicted octanol–water partition coefficient (Wildman–Crippen LogP) is 3.83. The van der Waals surface area contributed by atoms with E-state index in [0.717, 1.165) is 28.8 Å². The third-order valence-electron chi connectivity index (χ3n) is 3.41. The highest BCUT2D eigenvalue weighted by molar-refractivity contribution is 5.85. The maximum atomic E-state index is 5.96. The summed E-state index contributed by atoms with van der Waals surface area (Å²) in [5, 5.41) is 0.981. The maximum absolute atomic E-state index is 5.96. The van der Waals surface area contributed by atoms with Crippen LogP contribution in [0.3, 0.4) is 0 Å². The summed E-state index contributed by atoms with van der Waals surface area (Å²) in [6, 6.07) is 13.5. The zero-order valence-corrected chi connectivity index (χ0v) is 11.9. The number of nitrogens with two attached hydrogens (primary N) is 1. The van der Waals surface area contributed by atoms with E-state index in [1.807, 2.05) is 49.4 Å². The Bertz CT molecular complexity index is 735. The van der Waals surface area contributed by atoms with E-state index in [-0.39, 0.29) is 6.04 Å². The van der Waals surface area contributed by atoms with Crippen molar-refractivity contribution in [1.82, 2.24) is 9.97 Å². The summed E-state index contributed by atoms with van der Waals surface area (Å²) in [5.74, 6) is 1.47. The number of benzene rings is 1. The molecule has 4 nitrogen and oxygen atoms in total. The summed E-state index contributed by atoms with van der Waals surface area (Å²) in [6.07, 6.45) is 4.34. The van der Waals surface area contributed by atoms with Crippen molar-refractivity contribution in [2.24, 2.45) is 5.73 Å². The molecule has 2 N–H and O–H groups in total. The lowest BCUT2D eigenvalue weighted by atomic mass is 10.1. The van der Waals surface area contributed by atoms with Crippen LogP contribution < -0.4 is 10.5 Å². The van der Waals surface area contributed by atoms with E-state index in [9.17, 15) is 0 Å². The number of fused-ring (bicyclic) bond motifs is 1. The fourth-order valence-electron chi connectivity index (χ4n) is 2.17. The Hall–Kier alpha value is -2.46. The van der Waals surface area contributed by atoms with Gasteiger partial charge < -0.3 is 10.5 Å². The number of aromatic nitrogens is 2. The van der Waals surface area contributed by atoms with Crippen LogP contribution in [0.2, 0.25) is 0 Å². The summed E-state index contributed by atoms with van der Waals surface area (Å²) in [5.41, 5.74) is 7.75. The van der Waals surface area contributed by atoms with Crippen molar-refractivity contribution in [2.75, 3.05) is 0 Å². The minimum absolute atomic E-state index is 0.0270. The molecule has 3 rings (SSSR count). The fraction of sp³-hybridized carbons (Fsp3) is 0.176. The quantitative estimate of drug-likeness (QED) is 0.788. The molecule has 2 heterocycles. The highest BCUT2D eigenvalue weighted by Gasteiger charge is 2.07. The molecule has 0 saturated heterocycles. The summed E-state index contributed by atoms with van der Waals surface area (Å²) in [7, 11) is 0. The standard InChI is InChI=1S/C17H17N3O/c1-2-14(18)16-9-8-12(11-20-16)21-17-7-3-6-15-13(17)5-4-10-19-15/h3-11,14H,2,18H2,1H3/t14-/m1/s1. The summed E-state index contributed by atoms with van der Waals surface area (Å²) in [4.78, 5) is 8.68. The van der Waals surface area contributed by atoms with Crippen molar-refractivity contribution in [1.29, 1.82) is 0 Å². The van der Waals surface area contributed by atoms with Gasteiger partial charge in [0.05, 0.1) is 17.4 Å². The van der Waals surface area contributed by atoms with Gasteiger partial charge >= 0.3 is 0 Å². The van der Waals surface area contributed by atoms with Crippen molar-refractivity contribution < 1.29 is 4.74 Å². The Morgan fingerprint density at radius 2 is 2.00 bits per heavy atom. The zero-order chi connectivity index (χ0) is 14.7. The molecule has 0 radical (unpaired) electrons. The van der Waals surface area contributed by atoms with Gasteiger partial charge in [0.1, 0.15) is 11.5 Å². The molecule has 1 atom stereocenters. The monoisotopic (exact) mass is 279 g/mol. The number of ether oxygens (including phenoxy) is 1. The molecular formula is C17H17N3O. The van der Waals surface area contributed by atoms with E-state index in [1.54, 1.807) is 12.4 Å². The van der Waals surface area contributed by atoms with Crippen LogP contribution in [-0.2, 0) is 0 Å². The maximum Gasteiger partial charge on any atom is 0.145 e. The van der Waals surface area contributed by atoms with Gasteiger partial charge in [0.15, 0.2) is 0 Å². The fourth-order valence-corrected chi connectivity index (χ4v) is 2.17. The van der Waals surface area contributed by atoms with Gasteiger partial charge in [-0.1, -0.05) is 13.0 Å². The smallest absolute Gasteiger partial charge is 0.145 e. The van der Waals surface area contributed by atoms with E-state index in [2.05, 4.69) is 9.97 Å². The van der Waals surface area contributed by atoms with Crippen LogP contribution in [0.1, 0.15) is 25.1 Å². The van der Waals surface area contributed by atoms with Gasteiger partial charge in [-0.25, -0.2) is 0 Å². The Kier molecular flexibility index (Phi) is 3.79. The Balaban J connectivity index is 1.88. The number of hydrogen-bond acceptors (Lipinski definition) is 4. The van der Waals surface area contributed by atoms with Gasteiger partial charge in [0.2, 0.25) is 0 Å². The van der Waals surface area contributed by atoms with Crippen LogP contribution in [0, 0.1) is 0 Å². The largest absolute Gasteiger partial charge is 0.455 e. The second-order valence-corrected chi connectivity index (χ2v) is 4.86. The van der Waals surface area contributed by atoms with Gasteiger partial charge in [0.25, 0.3) is 0 Å². The first-order valence-electron chi connectivity index (χ1n) is 7.01. The van der Waals surface area contributed by atoms with Crippen LogP contribution >= 0.6 is 0 Å². The Morgan fingerprint density at radius 3 is 2.76 bits per heavy atom. The molecule has 0 bridgehead atoms. The van der Waals surface area contributed by atoms with E-state index in [1.165, 1.54) is 0 Å². The molecule has 0 amide bonds. The second-order valence-electron chi connectivity index (χ2n) is 4.86. The lowest BCUT2D eigenvalue weighted by molar-refractivity contribution is 0.484. The van der Waals surface area contributed by atoms with Gasteiger partial charge in [-0.3, -0.25) is 9.97 Å². The topological polar surface area (TPSA) is 61.0 Å². The molecule has 0 spiro atoms. The molecule has 106 valence electrons. The van der Waals surface area contributed by atoms with Crippen molar-refractivity contribution in [2.45, 2.75) is 19.4 Å². The van der Waals surface area contributed by atoms with E-state index in [4.69, 9.17) is 10.5 Å². The van der Waals surface area contributed by atoms with E-state index >= 15 is 0 Å². The minimum Gasteiger partial charge on any atom is -0.455 e. The second kappa shape index (κ2) is 5.89. The highest BCUT2D eigenvalue weighted by atomic mass is 16.5. The molecule has 1 aromatic carbocycles. The molecule has 4 heteroatoms. The molecule has 0 aliphatic rings. The van der Waals surface area contributed by atoms with Crippen LogP contribution in [0.15, 0.2) is 54.9 Å². The third kappa shape index (κ3) is 2.85. The predicted molar refractivity (Wildman–Crippen MR) is 83.3 cm³/mol. The molecular weight excluding hydrogens is 262 g/mol. The SMILES string of the molecule is CC[C@@H](N)c1ccc(Oc2cccc3ncccc23)cn1. The van der Waals surface area contributed by atoms with Crippen molar-refractivity contribution in [3.8, 4) is 11.5 Å². The third-order valence-corrected chi connectivity index (χ3v) is 3.41. The van der Waals surface area contributed by atoms with Crippen LogP contribution in [0.4, 0.5) is 0 Å². The number of hydrogen-bond donors (Lipinski definition) is 1. The molecule has 0 saturated carbocycles. The van der Waals surface area contributed by atoms with E-state index < -0.39 is 0 Å². The first-order valence-corrected chi connectivity index (χ1v) is 7.01. The van der Waals surface area contributed by atoms with Crippen LogP contribution in [0.25, 0.3) is 10.9 Å². The van der Waals surface area contributed by atoms with Crippen molar-refractivity contribution in [3.05, 3.63) is 60.6 Å². The lowest BCUT2D eigenvalue weighted by Crippen LogP contribution is -2.10. The molecule has 21 heavy (non-hydrogen) atoms. The molecule has 0 aliphatic heterocycles. The molecule has 0 unspecified atom stereocenters. The summed E-state index contributed by atoms with van der Waals surface area (Å²) < 4.78 is 5.92. The summed E-state index contributed by atoms with van der Waals surface area (Å²) in [6.45, 7) is 2.04. The first kappa shape index (κ1) is 13.5. The number of rotatable bonds is 4.